The number of benzene rings is 1. The highest BCUT2D eigenvalue weighted by Gasteiger charge is 2.21. The zero-order valence-corrected chi connectivity index (χ0v) is 13.5. The van der Waals surface area contributed by atoms with Crippen LogP contribution in [0.25, 0.3) is 0 Å². The van der Waals surface area contributed by atoms with Gasteiger partial charge in [-0.3, -0.25) is 9.69 Å². The fraction of sp³-hybridized carbons (Fsp3) is 0.353. The molecule has 0 saturated heterocycles. The van der Waals surface area contributed by atoms with Crippen molar-refractivity contribution in [2.24, 2.45) is 0 Å². The number of amides is 1. The van der Waals surface area contributed by atoms with E-state index in [1.807, 2.05) is 25.1 Å². The molecule has 1 amide bonds. The molecule has 2 aromatic rings. The van der Waals surface area contributed by atoms with Crippen LogP contribution in [0.1, 0.15) is 18.7 Å². The summed E-state index contributed by atoms with van der Waals surface area (Å²) in [5.41, 5.74) is 0. The Kier molecular flexibility index (Phi) is 5.76. The number of hydrogen-bond acceptors (Lipinski definition) is 4. The Balaban J connectivity index is 1.92. The lowest BCUT2D eigenvalue weighted by atomic mass is 10.2. The summed E-state index contributed by atoms with van der Waals surface area (Å²) in [5, 5.41) is 2.80. The summed E-state index contributed by atoms with van der Waals surface area (Å²) in [7, 11) is 3.80. The molecule has 2 rings (SSSR count). The normalized spacial score (nSPS) is 13.6. The predicted octanol–water partition coefficient (Wildman–Crippen LogP) is 2.61. The minimum Gasteiger partial charge on any atom is -0.478 e. The molecule has 6 heteroatoms. The molecule has 1 aromatic heterocycles. The van der Waals surface area contributed by atoms with Crippen LogP contribution in [0.15, 0.2) is 47.1 Å². The van der Waals surface area contributed by atoms with Gasteiger partial charge in [0.15, 0.2) is 17.7 Å². The van der Waals surface area contributed by atoms with Crippen molar-refractivity contribution >= 4 is 5.91 Å². The molecule has 1 aromatic carbocycles. The minimum absolute atomic E-state index is 0.0605. The smallest absolute Gasteiger partial charge is 0.260 e. The minimum atomic E-state index is -0.800. The van der Waals surface area contributed by atoms with Crippen molar-refractivity contribution in [3.05, 3.63) is 54.2 Å². The topological polar surface area (TPSA) is 54.7 Å². The average molecular weight is 320 g/mol. The molecule has 0 aliphatic rings. The van der Waals surface area contributed by atoms with Gasteiger partial charge in [-0.15, -0.1) is 0 Å². The van der Waals surface area contributed by atoms with Gasteiger partial charge in [0.2, 0.25) is 0 Å². The summed E-state index contributed by atoms with van der Waals surface area (Å²) < 4.78 is 24.3. The summed E-state index contributed by atoms with van der Waals surface area (Å²) in [6, 6.07) is 9.58. The fourth-order valence-electron chi connectivity index (χ4n) is 2.14. The van der Waals surface area contributed by atoms with Gasteiger partial charge in [0.1, 0.15) is 5.76 Å². The van der Waals surface area contributed by atoms with E-state index in [2.05, 4.69) is 5.32 Å². The van der Waals surface area contributed by atoms with E-state index in [4.69, 9.17) is 9.15 Å². The maximum atomic E-state index is 13.5. The number of halogens is 1. The van der Waals surface area contributed by atoms with Crippen molar-refractivity contribution in [3.63, 3.8) is 0 Å². The van der Waals surface area contributed by atoms with Crippen LogP contribution in [0.4, 0.5) is 4.39 Å². The Morgan fingerprint density at radius 1 is 1.30 bits per heavy atom. The number of nitrogens with one attached hydrogen (secondary N) is 1. The molecule has 0 saturated carbocycles. The number of rotatable bonds is 7. The summed E-state index contributed by atoms with van der Waals surface area (Å²) >= 11 is 0. The number of nitrogens with zero attached hydrogens (tertiary/aromatic N) is 1. The Labute approximate surface area is 135 Å². The van der Waals surface area contributed by atoms with Gasteiger partial charge in [-0.05, 0) is 45.3 Å². The van der Waals surface area contributed by atoms with E-state index in [1.165, 1.54) is 12.1 Å². The number of carbonyl (C=O) groups excluding carboxylic acids is 1. The van der Waals surface area contributed by atoms with Gasteiger partial charge >= 0.3 is 0 Å². The molecule has 1 heterocycles. The molecule has 0 radical (unpaired) electrons. The Morgan fingerprint density at radius 2 is 2.04 bits per heavy atom. The van der Waals surface area contributed by atoms with Crippen molar-refractivity contribution in [1.29, 1.82) is 0 Å². The molecule has 0 spiro atoms. The molecule has 0 unspecified atom stereocenters. The molecule has 1 N–H and O–H groups in total. The van der Waals surface area contributed by atoms with Crippen LogP contribution < -0.4 is 10.1 Å². The van der Waals surface area contributed by atoms with Crippen molar-refractivity contribution in [2.75, 3.05) is 20.6 Å². The van der Waals surface area contributed by atoms with E-state index in [1.54, 1.807) is 31.4 Å². The van der Waals surface area contributed by atoms with Gasteiger partial charge in [0, 0.05) is 6.54 Å². The van der Waals surface area contributed by atoms with Crippen molar-refractivity contribution in [2.45, 2.75) is 19.1 Å². The lowest BCUT2D eigenvalue weighted by Gasteiger charge is -2.23. The Bertz CT molecular complexity index is 629. The summed E-state index contributed by atoms with van der Waals surface area (Å²) in [6.45, 7) is 1.95. The van der Waals surface area contributed by atoms with Gasteiger partial charge in [-0.25, -0.2) is 4.39 Å². The van der Waals surface area contributed by atoms with Gasteiger partial charge in [0.05, 0.1) is 12.3 Å². The SMILES string of the molecule is C[C@@H](Oc1ccccc1F)C(=O)NC[C@H](c1ccco1)N(C)C. The summed E-state index contributed by atoms with van der Waals surface area (Å²) in [5.74, 6) is 0.0175. The van der Waals surface area contributed by atoms with Crippen LogP contribution in [0, 0.1) is 5.82 Å². The van der Waals surface area contributed by atoms with E-state index in [-0.39, 0.29) is 17.7 Å². The van der Waals surface area contributed by atoms with Crippen LogP contribution >= 0.6 is 0 Å². The molecular weight excluding hydrogens is 299 g/mol. The highest BCUT2D eigenvalue weighted by Crippen LogP contribution is 2.19. The first-order valence-corrected chi connectivity index (χ1v) is 7.37. The van der Waals surface area contributed by atoms with Crippen LogP contribution in [0.2, 0.25) is 0 Å². The van der Waals surface area contributed by atoms with E-state index in [0.29, 0.717) is 6.54 Å². The number of para-hydroxylation sites is 1. The monoisotopic (exact) mass is 320 g/mol. The highest BCUT2D eigenvalue weighted by atomic mass is 19.1. The molecule has 5 nitrogen and oxygen atoms in total. The number of likely N-dealkylation sites (N-methyl/N-ethyl adjacent to an activating group) is 1. The van der Waals surface area contributed by atoms with Gasteiger partial charge in [-0.2, -0.15) is 0 Å². The van der Waals surface area contributed by atoms with Crippen LogP contribution in [0.3, 0.4) is 0 Å². The maximum absolute atomic E-state index is 13.5. The van der Waals surface area contributed by atoms with Crippen LogP contribution in [-0.4, -0.2) is 37.6 Å². The summed E-state index contributed by atoms with van der Waals surface area (Å²) in [6.07, 6.45) is 0.795. The summed E-state index contributed by atoms with van der Waals surface area (Å²) in [4.78, 5) is 14.1. The average Bonchev–Trinajstić information content (AvgIpc) is 3.03. The molecule has 23 heavy (non-hydrogen) atoms. The van der Waals surface area contributed by atoms with E-state index in [0.717, 1.165) is 5.76 Å². The molecule has 0 aliphatic heterocycles. The second-order valence-electron chi connectivity index (χ2n) is 5.43. The Hall–Kier alpha value is -2.34. The zero-order valence-electron chi connectivity index (χ0n) is 13.5. The lowest BCUT2D eigenvalue weighted by Crippen LogP contribution is -2.41. The predicted molar refractivity (Wildman–Crippen MR) is 84.6 cm³/mol. The van der Waals surface area contributed by atoms with Crippen molar-refractivity contribution in [1.82, 2.24) is 10.2 Å². The third-order valence-corrected chi connectivity index (χ3v) is 3.47. The molecule has 0 bridgehead atoms. The van der Waals surface area contributed by atoms with E-state index in [9.17, 15) is 9.18 Å². The third-order valence-electron chi connectivity index (χ3n) is 3.47. The maximum Gasteiger partial charge on any atom is 0.260 e. The van der Waals surface area contributed by atoms with Gasteiger partial charge in [0.25, 0.3) is 5.91 Å². The Morgan fingerprint density at radius 3 is 2.65 bits per heavy atom. The van der Waals surface area contributed by atoms with Crippen molar-refractivity contribution in [3.8, 4) is 5.75 Å². The third kappa shape index (κ3) is 4.56. The molecule has 2 atom stereocenters. The standard InChI is InChI=1S/C17H21FN2O3/c1-12(23-15-8-5-4-7-13(15)18)17(21)19-11-14(20(2)3)16-9-6-10-22-16/h4-10,12,14H,11H2,1-3H3,(H,19,21)/t12-,14-/m1/s1. The second kappa shape index (κ2) is 7.78. The highest BCUT2D eigenvalue weighted by molar-refractivity contribution is 5.80. The zero-order chi connectivity index (χ0) is 16.8. The first-order chi connectivity index (χ1) is 11.0. The first-order valence-electron chi connectivity index (χ1n) is 7.37. The second-order valence-corrected chi connectivity index (χ2v) is 5.43. The first kappa shape index (κ1) is 17.0. The van der Waals surface area contributed by atoms with Gasteiger partial charge in [-0.1, -0.05) is 12.1 Å². The molecular formula is C17H21FN2O3. The van der Waals surface area contributed by atoms with Gasteiger partial charge < -0.3 is 14.5 Å². The van der Waals surface area contributed by atoms with Crippen LogP contribution in [-0.2, 0) is 4.79 Å². The molecule has 124 valence electrons. The van der Waals surface area contributed by atoms with Crippen molar-refractivity contribution < 1.29 is 18.3 Å². The quantitative estimate of drug-likeness (QED) is 0.852. The largest absolute Gasteiger partial charge is 0.478 e. The molecule has 0 aliphatic carbocycles. The number of carbonyl (C=O) groups is 1. The van der Waals surface area contributed by atoms with E-state index >= 15 is 0 Å². The fourth-order valence-corrected chi connectivity index (χ4v) is 2.14. The van der Waals surface area contributed by atoms with E-state index < -0.39 is 11.9 Å². The number of ether oxygens (including phenoxy) is 1. The number of hydrogen-bond donors (Lipinski definition) is 1. The molecule has 0 fully saturated rings. The lowest BCUT2D eigenvalue weighted by molar-refractivity contribution is -0.127. The number of furan rings is 1. The van der Waals surface area contributed by atoms with Crippen LogP contribution in [0.5, 0.6) is 5.75 Å².